The Morgan fingerprint density at radius 3 is 2.39 bits per heavy atom. The van der Waals surface area contributed by atoms with E-state index in [0.717, 1.165) is 21.9 Å². The summed E-state index contributed by atoms with van der Waals surface area (Å²) in [6.45, 7) is 0.695. The molecule has 0 bridgehead atoms. The van der Waals surface area contributed by atoms with Gasteiger partial charge in [-0.25, -0.2) is 0 Å². The maximum absolute atomic E-state index is 12.6. The Hall–Kier alpha value is -2.35. The van der Waals surface area contributed by atoms with Crippen molar-refractivity contribution in [3.63, 3.8) is 0 Å². The van der Waals surface area contributed by atoms with E-state index in [-0.39, 0.29) is 12.2 Å². The first-order chi connectivity index (χ1) is 10.8. The van der Waals surface area contributed by atoms with Gasteiger partial charge in [0.05, 0.1) is 6.61 Å². The third-order valence-electron chi connectivity index (χ3n) is 3.19. The average Bonchev–Trinajstić information content (AvgIpc) is 2.89. The molecule has 0 aliphatic heterocycles. The lowest BCUT2D eigenvalue weighted by Crippen LogP contribution is -2.25. The van der Waals surface area contributed by atoms with Gasteiger partial charge in [-0.1, -0.05) is 24.3 Å². The van der Waals surface area contributed by atoms with Gasteiger partial charge in [0.1, 0.15) is 5.69 Å². The molecule has 1 N–H and O–H groups in total. The van der Waals surface area contributed by atoms with Gasteiger partial charge in [0.25, 0.3) is 5.91 Å². The zero-order chi connectivity index (χ0) is 17.0. The molecule has 8 heteroatoms. The van der Waals surface area contributed by atoms with E-state index >= 15 is 0 Å². The molecular weight excluding hydrogens is 311 g/mol. The van der Waals surface area contributed by atoms with Crippen molar-refractivity contribution >= 4 is 5.91 Å². The summed E-state index contributed by atoms with van der Waals surface area (Å²) in [5, 5.41) is 5.88. The van der Waals surface area contributed by atoms with Gasteiger partial charge in [-0.05, 0) is 11.1 Å². The Bertz CT molecular complexity index is 678. The van der Waals surface area contributed by atoms with Crippen LogP contribution in [0.15, 0.2) is 30.3 Å². The second kappa shape index (κ2) is 6.82. The van der Waals surface area contributed by atoms with Crippen LogP contribution in [-0.4, -0.2) is 22.8 Å². The number of nitrogens with zero attached hydrogens (tertiary/aromatic N) is 2. The van der Waals surface area contributed by atoms with Crippen LogP contribution in [0.25, 0.3) is 0 Å². The van der Waals surface area contributed by atoms with E-state index in [2.05, 4.69) is 10.4 Å². The van der Waals surface area contributed by atoms with E-state index in [9.17, 15) is 18.0 Å². The third kappa shape index (κ3) is 4.32. The number of carbonyl (C=O) groups is 1. The zero-order valence-corrected chi connectivity index (χ0v) is 12.6. The van der Waals surface area contributed by atoms with E-state index in [1.54, 1.807) is 7.11 Å². The number of methoxy groups -OCH3 is 1. The van der Waals surface area contributed by atoms with Crippen molar-refractivity contribution in [2.24, 2.45) is 7.05 Å². The van der Waals surface area contributed by atoms with Crippen LogP contribution in [0.1, 0.15) is 27.3 Å². The predicted molar refractivity (Wildman–Crippen MR) is 76.5 cm³/mol. The number of carbonyl (C=O) groups excluding carboxylic acids is 1. The van der Waals surface area contributed by atoms with Gasteiger partial charge in [-0.15, -0.1) is 0 Å². The largest absolute Gasteiger partial charge is 0.435 e. The Kier molecular flexibility index (Phi) is 5.05. The molecule has 2 aromatic rings. The average molecular weight is 327 g/mol. The minimum absolute atomic E-state index is 0.145. The summed E-state index contributed by atoms with van der Waals surface area (Å²) >= 11 is 0. The standard InChI is InChI=1S/C15H16F3N3O2/c1-21-12(7-13(20-21)15(16,17)18)14(22)19-8-10-3-5-11(6-4-10)9-23-2/h3-7H,8-9H2,1-2H3,(H,19,22). The fourth-order valence-corrected chi connectivity index (χ4v) is 2.01. The topological polar surface area (TPSA) is 56.1 Å². The number of halogens is 3. The lowest BCUT2D eigenvalue weighted by Gasteiger charge is -2.06. The van der Waals surface area contributed by atoms with Gasteiger partial charge < -0.3 is 10.1 Å². The molecule has 0 radical (unpaired) electrons. The third-order valence-corrected chi connectivity index (χ3v) is 3.19. The number of alkyl halides is 3. The van der Waals surface area contributed by atoms with Gasteiger partial charge in [0.2, 0.25) is 0 Å². The monoisotopic (exact) mass is 327 g/mol. The molecule has 23 heavy (non-hydrogen) atoms. The van der Waals surface area contributed by atoms with Crippen molar-refractivity contribution in [2.45, 2.75) is 19.3 Å². The molecule has 0 saturated heterocycles. The molecule has 0 aliphatic rings. The van der Waals surface area contributed by atoms with E-state index in [0.29, 0.717) is 6.61 Å². The van der Waals surface area contributed by atoms with Crippen LogP contribution in [0.3, 0.4) is 0 Å². The van der Waals surface area contributed by atoms with Crippen LogP contribution in [-0.2, 0) is 31.1 Å². The van der Waals surface area contributed by atoms with Crippen molar-refractivity contribution in [3.8, 4) is 0 Å². The number of aryl methyl sites for hydroxylation is 1. The summed E-state index contributed by atoms with van der Waals surface area (Å²) < 4.78 is 43.6. The maximum Gasteiger partial charge on any atom is 0.435 e. The van der Waals surface area contributed by atoms with Crippen LogP contribution in [0.4, 0.5) is 13.2 Å². The van der Waals surface area contributed by atoms with Crippen molar-refractivity contribution in [1.82, 2.24) is 15.1 Å². The van der Waals surface area contributed by atoms with Gasteiger partial charge in [-0.3, -0.25) is 9.48 Å². The molecule has 0 unspecified atom stereocenters. The smallest absolute Gasteiger partial charge is 0.380 e. The first kappa shape index (κ1) is 17.0. The quantitative estimate of drug-likeness (QED) is 0.918. The number of nitrogens with one attached hydrogen (secondary N) is 1. The molecule has 0 saturated carbocycles. The number of hydrogen-bond acceptors (Lipinski definition) is 3. The molecular formula is C15H16F3N3O2. The van der Waals surface area contributed by atoms with Gasteiger partial charge in [0.15, 0.2) is 5.69 Å². The van der Waals surface area contributed by atoms with Crippen LogP contribution >= 0.6 is 0 Å². The number of benzene rings is 1. The number of hydrogen-bond donors (Lipinski definition) is 1. The Labute approximate surface area is 131 Å². The Morgan fingerprint density at radius 2 is 1.87 bits per heavy atom. The maximum atomic E-state index is 12.6. The summed E-state index contributed by atoms with van der Waals surface area (Å²) in [5.74, 6) is -0.614. The minimum atomic E-state index is -4.58. The number of aromatic nitrogens is 2. The molecule has 0 fully saturated rings. The molecule has 0 spiro atoms. The highest BCUT2D eigenvalue weighted by Crippen LogP contribution is 2.28. The summed E-state index contributed by atoms with van der Waals surface area (Å²) in [7, 11) is 2.89. The van der Waals surface area contributed by atoms with Crippen LogP contribution in [0.2, 0.25) is 0 Å². The Morgan fingerprint density at radius 1 is 1.26 bits per heavy atom. The van der Waals surface area contributed by atoms with Gasteiger partial charge >= 0.3 is 6.18 Å². The predicted octanol–water partition coefficient (Wildman–Crippen LogP) is 2.52. The van der Waals surface area contributed by atoms with Crippen molar-refractivity contribution in [1.29, 1.82) is 0 Å². The highest BCUT2D eigenvalue weighted by Gasteiger charge is 2.35. The molecule has 0 aliphatic carbocycles. The fraction of sp³-hybridized carbons (Fsp3) is 0.333. The zero-order valence-electron chi connectivity index (χ0n) is 12.6. The number of amides is 1. The van der Waals surface area contributed by atoms with Gasteiger partial charge in [0, 0.05) is 26.8 Å². The lowest BCUT2D eigenvalue weighted by molar-refractivity contribution is -0.141. The second-order valence-electron chi connectivity index (χ2n) is 4.97. The number of rotatable bonds is 5. The lowest BCUT2D eigenvalue weighted by atomic mass is 10.1. The van der Waals surface area contributed by atoms with Crippen LogP contribution in [0, 0.1) is 0 Å². The fourth-order valence-electron chi connectivity index (χ4n) is 2.01. The normalized spacial score (nSPS) is 11.5. The van der Waals surface area contributed by atoms with E-state index in [1.807, 2.05) is 24.3 Å². The van der Waals surface area contributed by atoms with E-state index in [1.165, 1.54) is 7.05 Å². The van der Waals surface area contributed by atoms with Crippen molar-refractivity contribution < 1.29 is 22.7 Å². The molecule has 1 heterocycles. The van der Waals surface area contributed by atoms with E-state index < -0.39 is 17.8 Å². The van der Waals surface area contributed by atoms with Crippen molar-refractivity contribution in [3.05, 3.63) is 52.8 Å². The highest BCUT2D eigenvalue weighted by molar-refractivity contribution is 5.92. The SMILES string of the molecule is COCc1ccc(CNC(=O)c2cc(C(F)(F)F)nn2C)cc1. The summed E-state index contributed by atoms with van der Waals surface area (Å²) in [6, 6.07) is 8.09. The molecule has 0 atom stereocenters. The molecule has 5 nitrogen and oxygen atoms in total. The summed E-state index contributed by atoms with van der Waals surface area (Å²) in [4.78, 5) is 12.0. The first-order valence-corrected chi connectivity index (χ1v) is 6.77. The summed E-state index contributed by atoms with van der Waals surface area (Å²) in [5.41, 5.74) is 0.586. The molecule has 124 valence electrons. The molecule has 2 rings (SSSR count). The first-order valence-electron chi connectivity index (χ1n) is 6.77. The number of ether oxygens (including phenoxy) is 1. The molecule has 1 aromatic heterocycles. The molecule has 1 amide bonds. The summed E-state index contributed by atoms with van der Waals surface area (Å²) in [6.07, 6.45) is -4.58. The Balaban J connectivity index is 2.01. The van der Waals surface area contributed by atoms with E-state index in [4.69, 9.17) is 4.74 Å². The van der Waals surface area contributed by atoms with Gasteiger partial charge in [-0.2, -0.15) is 18.3 Å². The molecule has 1 aromatic carbocycles. The highest BCUT2D eigenvalue weighted by atomic mass is 19.4. The van der Waals surface area contributed by atoms with Crippen LogP contribution in [0.5, 0.6) is 0 Å². The van der Waals surface area contributed by atoms with Crippen molar-refractivity contribution in [2.75, 3.05) is 7.11 Å². The second-order valence-corrected chi connectivity index (χ2v) is 4.97. The van der Waals surface area contributed by atoms with Crippen LogP contribution < -0.4 is 5.32 Å². The minimum Gasteiger partial charge on any atom is -0.380 e.